The van der Waals surface area contributed by atoms with Gasteiger partial charge in [0.25, 0.3) is 5.56 Å². The zero-order valence-corrected chi connectivity index (χ0v) is 12.8. The molecule has 1 aromatic heterocycles. The number of ether oxygens (including phenoxy) is 1. The van der Waals surface area contributed by atoms with Crippen LogP contribution in [0.1, 0.15) is 20.8 Å². The van der Waals surface area contributed by atoms with Gasteiger partial charge in [0, 0.05) is 5.92 Å². The van der Waals surface area contributed by atoms with Crippen molar-refractivity contribution in [2.24, 2.45) is 11.7 Å². The maximum atomic E-state index is 12.3. The number of esters is 1. The van der Waals surface area contributed by atoms with E-state index in [9.17, 15) is 14.9 Å². The number of nitrogens with zero attached hydrogens (tertiary/aromatic N) is 2. The maximum Gasteiger partial charge on any atom is 0.337 e. The molecule has 21 heavy (non-hydrogen) atoms. The Kier molecular flexibility index (Phi) is 4.00. The van der Waals surface area contributed by atoms with Gasteiger partial charge in [-0.05, 0) is 13.8 Å². The van der Waals surface area contributed by atoms with Crippen molar-refractivity contribution in [2.75, 3.05) is 6.61 Å². The second-order valence-corrected chi connectivity index (χ2v) is 5.50. The van der Waals surface area contributed by atoms with Gasteiger partial charge in [0.1, 0.15) is 10.5 Å². The van der Waals surface area contributed by atoms with Crippen molar-refractivity contribution >= 4 is 34.8 Å². The topological polar surface area (TPSA) is 98.1 Å². The van der Waals surface area contributed by atoms with E-state index < -0.39 is 11.9 Å². The second-order valence-electron chi connectivity index (χ2n) is 4.47. The van der Waals surface area contributed by atoms with Gasteiger partial charge in [0.15, 0.2) is 0 Å². The van der Waals surface area contributed by atoms with Gasteiger partial charge in [0.2, 0.25) is 0 Å². The SMILES string of the molecule is CC=c1sc2n(c1=O)C(N)=C(C#N)C(C)C=2C(=O)OCC. The highest BCUT2D eigenvalue weighted by molar-refractivity contribution is 7.07. The minimum absolute atomic E-state index is 0.0856. The number of thiazole rings is 1. The molecule has 2 rings (SSSR count). The summed E-state index contributed by atoms with van der Waals surface area (Å²) in [5.74, 6) is -0.942. The van der Waals surface area contributed by atoms with Crippen LogP contribution in [0.3, 0.4) is 0 Å². The maximum absolute atomic E-state index is 12.3. The van der Waals surface area contributed by atoms with Crippen LogP contribution in [0.2, 0.25) is 0 Å². The summed E-state index contributed by atoms with van der Waals surface area (Å²) < 4.78 is 7.19. The zero-order chi connectivity index (χ0) is 15.7. The van der Waals surface area contributed by atoms with E-state index in [-0.39, 0.29) is 23.6 Å². The number of aromatic nitrogens is 1. The van der Waals surface area contributed by atoms with Gasteiger partial charge in [-0.3, -0.25) is 9.36 Å². The Hall–Kier alpha value is -2.33. The number of allylic oxidation sites excluding steroid dienone is 1. The summed E-state index contributed by atoms with van der Waals surface area (Å²) in [5.41, 5.74) is 6.13. The van der Waals surface area contributed by atoms with Crippen LogP contribution in [-0.2, 0) is 9.53 Å². The smallest absolute Gasteiger partial charge is 0.337 e. The molecule has 0 saturated carbocycles. The van der Waals surface area contributed by atoms with Gasteiger partial charge in [-0.2, -0.15) is 5.26 Å². The lowest BCUT2D eigenvalue weighted by Gasteiger charge is -2.20. The lowest BCUT2D eigenvalue weighted by Crippen LogP contribution is -2.40. The molecule has 0 spiro atoms. The van der Waals surface area contributed by atoms with E-state index in [1.807, 2.05) is 6.07 Å². The van der Waals surface area contributed by atoms with E-state index in [4.69, 9.17) is 10.5 Å². The summed E-state index contributed by atoms with van der Waals surface area (Å²) in [6.45, 7) is 5.37. The average Bonchev–Trinajstić information content (AvgIpc) is 2.76. The first-order chi connectivity index (χ1) is 9.97. The first-order valence-electron chi connectivity index (χ1n) is 6.47. The highest BCUT2D eigenvalue weighted by Crippen LogP contribution is 2.26. The minimum Gasteiger partial charge on any atom is -0.463 e. The average molecular weight is 305 g/mol. The van der Waals surface area contributed by atoms with Gasteiger partial charge >= 0.3 is 5.97 Å². The van der Waals surface area contributed by atoms with E-state index in [0.717, 1.165) is 0 Å². The standard InChI is InChI=1S/C14H15N3O3S/c1-4-9-12(18)17-11(16)8(6-15)7(3)10(13(17)21-9)14(19)20-5-2/h4,7H,5,16H2,1-3H3. The number of hydrogen-bond acceptors (Lipinski definition) is 6. The molecule has 2 N–H and O–H groups in total. The van der Waals surface area contributed by atoms with E-state index in [1.54, 1.807) is 26.8 Å². The largest absolute Gasteiger partial charge is 0.463 e. The number of hydrogen-bond donors (Lipinski definition) is 1. The molecule has 0 aromatic carbocycles. The molecule has 0 aliphatic carbocycles. The number of fused-ring (bicyclic) bond motifs is 1. The second kappa shape index (κ2) is 5.58. The highest BCUT2D eigenvalue weighted by atomic mass is 32.1. The summed E-state index contributed by atoms with van der Waals surface area (Å²) in [7, 11) is 0. The van der Waals surface area contributed by atoms with Gasteiger partial charge in [-0.25, -0.2) is 4.79 Å². The Morgan fingerprint density at radius 2 is 2.29 bits per heavy atom. The number of nitriles is 1. The molecule has 1 aliphatic rings. The molecule has 6 nitrogen and oxygen atoms in total. The zero-order valence-electron chi connectivity index (χ0n) is 12.0. The van der Waals surface area contributed by atoms with E-state index in [0.29, 0.717) is 14.8 Å². The van der Waals surface area contributed by atoms with E-state index in [2.05, 4.69) is 0 Å². The fraction of sp³-hybridized carbons (Fsp3) is 0.357. The number of rotatable bonds is 2. The molecular weight excluding hydrogens is 290 g/mol. The van der Waals surface area contributed by atoms with Crippen LogP contribution in [0.4, 0.5) is 0 Å². The van der Waals surface area contributed by atoms with Crippen LogP contribution in [0.25, 0.3) is 17.5 Å². The van der Waals surface area contributed by atoms with Crippen molar-refractivity contribution < 1.29 is 9.53 Å². The van der Waals surface area contributed by atoms with Crippen LogP contribution >= 0.6 is 11.3 Å². The van der Waals surface area contributed by atoms with Crippen molar-refractivity contribution in [3.63, 3.8) is 0 Å². The molecule has 1 unspecified atom stereocenters. The van der Waals surface area contributed by atoms with Crippen LogP contribution in [0.5, 0.6) is 0 Å². The number of carbonyl (C=O) groups excluding carboxylic acids is 1. The summed E-state index contributed by atoms with van der Waals surface area (Å²) >= 11 is 1.18. The minimum atomic E-state index is -0.525. The molecule has 1 aliphatic heterocycles. The predicted octanol–water partition coefficient (Wildman–Crippen LogP) is -0.275. The van der Waals surface area contributed by atoms with Crippen molar-refractivity contribution in [3.8, 4) is 6.07 Å². The van der Waals surface area contributed by atoms with Gasteiger partial charge < -0.3 is 10.5 Å². The van der Waals surface area contributed by atoms with Crippen molar-refractivity contribution in [2.45, 2.75) is 20.8 Å². The Balaban J connectivity index is 2.95. The molecule has 0 bridgehead atoms. The van der Waals surface area contributed by atoms with Crippen LogP contribution in [-0.4, -0.2) is 17.1 Å². The van der Waals surface area contributed by atoms with Crippen molar-refractivity contribution in [1.82, 2.24) is 4.57 Å². The normalized spacial score (nSPS) is 18.5. The molecule has 7 heteroatoms. The van der Waals surface area contributed by atoms with Gasteiger partial charge in [-0.1, -0.05) is 13.0 Å². The highest BCUT2D eigenvalue weighted by Gasteiger charge is 2.32. The lowest BCUT2D eigenvalue weighted by molar-refractivity contribution is -0.136. The molecule has 1 atom stereocenters. The van der Waals surface area contributed by atoms with Crippen LogP contribution in [0, 0.1) is 17.2 Å². The van der Waals surface area contributed by atoms with Crippen molar-refractivity contribution in [3.05, 3.63) is 25.1 Å². The summed E-state index contributed by atoms with van der Waals surface area (Å²) in [6.07, 6.45) is 1.66. The Bertz CT molecular complexity index is 851. The third-order valence-corrected chi connectivity index (χ3v) is 4.54. The summed E-state index contributed by atoms with van der Waals surface area (Å²) in [5, 5.41) is 9.27. The fourth-order valence-corrected chi connectivity index (χ4v) is 3.42. The molecule has 0 saturated heterocycles. The number of nitrogens with two attached hydrogens (primary N) is 1. The first-order valence-corrected chi connectivity index (χ1v) is 7.29. The molecule has 110 valence electrons. The lowest BCUT2D eigenvalue weighted by atomic mass is 9.92. The molecule has 0 radical (unpaired) electrons. The third kappa shape index (κ3) is 2.17. The molecule has 1 aromatic rings. The van der Waals surface area contributed by atoms with Crippen LogP contribution in [0.15, 0.2) is 10.4 Å². The van der Waals surface area contributed by atoms with E-state index in [1.165, 1.54) is 15.9 Å². The monoisotopic (exact) mass is 305 g/mol. The van der Waals surface area contributed by atoms with Gasteiger partial charge in [0.05, 0.1) is 28.4 Å². The third-order valence-electron chi connectivity index (χ3n) is 3.31. The van der Waals surface area contributed by atoms with Crippen LogP contribution < -0.4 is 20.5 Å². The fourth-order valence-electron chi connectivity index (χ4n) is 2.27. The quantitative estimate of drug-likeness (QED) is 0.758. The molecule has 0 fully saturated rings. The Morgan fingerprint density at radius 3 is 2.81 bits per heavy atom. The van der Waals surface area contributed by atoms with E-state index >= 15 is 0 Å². The Labute approximate surface area is 125 Å². The molecular formula is C14H15N3O3S. The Morgan fingerprint density at radius 1 is 1.62 bits per heavy atom. The molecule has 0 amide bonds. The molecule has 2 heterocycles. The summed E-state index contributed by atoms with van der Waals surface area (Å²) in [4.78, 5) is 24.5. The summed E-state index contributed by atoms with van der Waals surface area (Å²) in [6, 6.07) is 1.99. The first kappa shape index (κ1) is 15.1. The predicted molar refractivity (Wildman–Crippen MR) is 80.2 cm³/mol. The number of carbonyl (C=O) groups is 1. The van der Waals surface area contributed by atoms with Gasteiger partial charge in [-0.15, -0.1) is 11.3 Å². The van der Waals surface area contributed by atoms with Crippen molar-refractivity contribution in [1.29, 1.82) is 5.26 Å².